The molecule has 1 heterocycles. The van der Waals surface area contributed by atoms with Gasteiger partial charge in [-0.15, -0.1) is 11.3 Å². The smallest absolute Gasteiger partial charge is 0.129 e. The first-order valence-electron chi connectivity index (χ1n) is 5.90. The van der Waals surface area contributed by atoms with Crippen molar-refractivity contribution in [3.63, 3.8) is 0 Å². The predicted octanol–water partition coefficient (Wildman–Crippen LogP) is 4.68. The lowest BCUT2D eigenvalue weighted by atomic mass is 10.1. The van der Waals surface area contributed by atoms with Crippen molar-refractivity contribution in [3.05, 3.63) is 50.6 Å². The van der Waals surface area contributed by atoms with Gasteiger partial charge in [-0.3, -0.25) is 0 Å². The van der Waals surface area contributed by atoms with Gasteiger partial charge in [-0.2, -0.15) is 0 Å². The lowest BCUT2D eigenvalue weighted by Gasteiger charge is -2.10. The van der Waals surface area contributed by atoms with E-state index in [0.717, 1.165) is 20.7 Å². The summed E-state index contributed by atoms with van der Waals surface area (Å²) in [4.78, 5) is 1.14. The molecule has 0 saturated heterocycles. The summed E-state index contributed by atoms with van der Waals surface area (Å²) in [7, 11) is 0. The molecule has 0 aliphatic carbocycles. The van der Waals surface area contributed by atoms with Crippen LogP contribution in [-0.2, 0) is 6.61 Å². The summed E-state index contributed by atoms with van der Waals surface area (Å²) in [5, 5.41) is 14.4. The van der Waals surface area contributed by atoms with Gasteiger partial charge in [0.05, 0.1) is 5.71 Å². The van der Waals surface area contributed by atoms with Crippen LogP contribution < -0.4 is 4.74 Å². The number of halogens is 1. The fourth-order valence-electron chi connectivity index (χ4n) is 1.72. The first-order valence-corrected chi connectivity index (χ1v) is 7.58. The molecule has 3 nitrogen and oxygen atoms in total. The average molecular weight is 340 g/mol. The van der Waals surface area contributed by atoms with Crippen molar-refractivity contribution in [1.82, 2.24) is 0 Å². The van der Waals surface area contributed by atoms with E-state index in [1.807, 2.05) is 42.6 Å². The van der Waals surface area contributed by atoms with Crippen molar-refractivity contribution >= 4 is 33.0 Å². The number of hydrogen-bond donors (Lipinski definition) is 1. The minimum absolute atomic E-state index is 0.510. The van der Waals surface area contributed by atoms with Gasteiger partial charge in [-0.1, -0.05) is 24.2 Å². The Kier molecular flexibility index (Phi) is 4.99. The van der Waals surface area contributed by atoms with Crippen molar-refractivity contribution in [2.45, 2.75) is 20.0 Å². The Bertz CT molecular complexity index is 580. The molecule has 0 unspecified atom stereocenters. The highest BCUT2D eigenvalue weighted by atomic mass is 79.9. The summed E-state index contributed by atoms with van der Waals surface area (Å²) in [6.45, 7) is 2.46. The molecule has 5 heteroatoms. The number of oxime groups is 1. The molecule has 0 saturated carbocycles. The molecule has 0 amide bonds. The third kappa shape index (κ3) is 3.58. The molecule has 19 heavy (non-hydrogen) atoms. The van der Waals surface area contributed by atoms with Gasteiger partial charge in [0.2, 0.25) is 0 Å². The van der Waals surface area contributed by atoms with Crippen LogP contribution in [-0.4, -0.2) is 10.9 Å². The van der Waals surface area contributed by atoms with E-state index in [4.69, 9.17) is 9.94 Å². The standard InChI is InChI=1S/C14H14BrNO2S/c1-2-13(16-17)12-5-3-4-6-14(12)18-8-11-7-10(15)9-19-11/h3-7,9,17H,2,8H2,1H3. The average Bonchev–Trinajstić information content (AvgIpc) is 2.85. The number of hydrogen-bond acceptors (Lipinski definition) is 4. The molecule has 1 N–H and O–H groups in total. The number of para-hydroxylation sites is 1. The predicted molar refractivity (Wildman–Crippen MR) is 81.4 cm³/mol. The summed E-state index contributed by atoms with van der Waals surface area (Å²) >= 11 is 5.06. The third-order valence-corrected chi connectivity index (χ3v) is 4.32. The molecule has 0 aliphatic heterocycles. The molecular formula is C14H14BrNO2S. The van der Waals surface area contributed by atoms with Crippen LogP contribution in [0.2, 0.25) is 0 Å². The summed E-state index contributed by atoms with van der Waals surface area (Å²) in [5.74, 6) is 0.738. The Labute approximate surface area is 124 Å². The van der Waals surface area contributed by atoms with Crippen LogP contribution in [0.1, 0.15) is 23.8 Å². The maximum atomic E-state index is 9.02. The van der Waals surface area contributed by atoms with Crippen molar-refractivity contribution < 1.29 is 9.94 Å². The van der Waals surface area contributed by atoms with Gasteiger partial charge in [-0.25, -0.2) is 0 Å². The van der Waals surface area contributed by atoms with Gasteiger partial charge < -0.3 is 9.94 Å². The van der Waals surface area contributed by atoms with Gasteiger partial charge in [0, 0.05) is 20.3 Å². The third-order valence-electron chi connectivity index (χ3n) is 2.65. The topological polar surface area (TPSA) is 41.8 Å². The minimum atomic E-state index is 0.510. The van der Waals surface area contributed by atoms with Gasteiger partial charge in [-0.05, 0) is 40.5 Å². The summed E-state index contributed by atoms with van der Waals surface area (Å²) in [6, 6.07) is 9.64. The molecule has 0 aliphatic rings. The number of thiophene rings is 1. The van der Waals surface area contributed by atoms with E-state index in [9.17, 15) is 0 Å². The fraction of sp³-hybridized carbons (Fsp3) is 0.214. The Balaban J connectivity index is 2.16. The quantitative estimate of drug-likeness (QED) is 0.488. The Hall–Kier alpha value is -1.33. The van der Waals surface area contributed by atoms with Gasteiger partial charge in [0.1, 0.15) is 12.4 Å². The maximum Gasteiger partial charge on any atom is 0.129 e. The monoisotopic (exact) mass is 339 g/mol. The van der Waals surface area contributed by atoms with Crippen molar-refractivity contribution in [3.8, 4) is 5.75 Å². The van der Waals surface area contributed by atoms with Crippen LogP contribution in [0.25, 0.3) is 0 Å². The van der Waals surface area contributed by atoms with E-state index in [2.05, 4.69) is 21.1 Å². The van der Waals surface area contributed by atoms with Crippen molar-refractivity contribution in [2.75, 3.05) is 0 Å². The van der Waals surface area contributed by atoms with Crippen LogP contribution in [0, 0.1) is 0 Å². The van der Waals surface area contributed by atoms with E-state index in [1.54, 1.807) is 11.3 Å². The molecule has 2 aromatic rings. The zero-order chi connectivity index (χ0) is 13.7. The Morgan fingerprint density at radius 2 is 2.21 bits per heavy atom. The first-order chi connectivity index (χ1) is 9.24. The molecule has 100 valence electrons. The fourth-order valence-corrected chi connectivity index (χ4v) is 3.09. The largest absolute Gasteiger partial charge is 0.487 e. The van der Waals surface area contributed by atoms with E-state index < -0.39 is 0 Å². The van der Waals surface area contributed by atoms with Crippen LogP contribution >= 0.6 is 27.3 Å². The Morgan fingerprint density at radius 1 is 1.42 bits per heavy atom. The molecular weight excluding hydrogens is 326 g/mol. The zero-order valence-corrected chi connectivity index (χ0v) is 12.9. The van der Waals surface area contributed by atoms with Crippen LogP contribution in [0.15, 0.2) is 45.3 Å². The maximum absolute atomic E-state index is 9.02. The normalized spacial score (nSPS) is 11.6. The lowest BCUT2D eigenvalue weighted by molar-refractivity contribution is 0.306. The van der Waals surface area contributed by atoms with E-state index in [1.165, 1.54) is 0 Å². The van der Waals surface area contributed by atoms with Crippen LogP contribution in [0.3, 0.4) is 0 Å². The summed E-state index contributed by atoms with van der Waals surface area (Å²) < 4.78 is 6.88. The number of nitrogens with zero attached hydrogens (tertiary/aromatic N) is 1. The van der Waals surface area contributed by atoms with Gasteiger partial charge in [0.15, 0.2) is 0 Å². The molecule has 1 aromatic heterocycles. The number of rotatable bonds is 5. The second-order valence-corrected chi connectivity index (χ2v) is 5.83. The van der Waals surface area contributed by atoms with Gasteiger partial charge >= 0.3 is 0 Å². The van der Waals surface area contributed by atoms with Crippen molar-refractivity contribution in [2.24, 2.45) is 5.16 Å². The molecule has 0 bridgehead atoms. The molecule has 1 aromatic carbocycles. The second-order valence-electron chi connectivity index (χ2n) is 3.92. The SMILES string of the molecule is CCC(=NO)c1ccccc1OCc1cc(Br)cs1. The molecule has 0 spiro atoms. The van der Waals surface area contributed by atoms with E-state index in [-0.39, 0.29) is 0 Å². The van der Waals surface area contributed by atoms with Gasteiger partial charge in [0.25, 0.3) is 0 Å². The lowest BCUT2D eigenvalue weighted by Crippen LogP contribution is -2.04. The highest BCUT2D eigenvalue weighted by molar-refractivity contribution is 9.10. The molecule has 2 rings (SSSR count). The highest BCUT2D eigenvalue weighted by Gasteiger charge is 2.09. The second kappa shape index (κ2) is 6.73. The van der Waals surface area contributed by atoms with Crippen LogP contribution in [0.5, 0.6) is 5.75 Å². The summed E-state index contributed by atoms with van der Waals surface area (Å²) in [5.41, 5.74) is 1.46. The van der Waals surface area contributed by atoms with E-state index in [0.29, 0.717) is 18.7 Å². The zero-order valence-electron chi connectivity index (χ0n) is 10.5. The highest BCUT2D eigenvalue weighted by Crippen LogP contribution is 2.24. The van der Waals surface area contributed by atoms with Crippen LogP contribution in [0.4, 0.5) is 0 Å². The molecule has 0 fully saturated rings. The summed E-state index contributed by atoms with van der Waals surface area (Å²) in [6.07, 6.45) is 0.654. The number of benzene rings is 1. The minimum Gasteiger partial charge on any atom is -0.487 e. The molecule has 0 radical (unpaired) electrons. The molecule has 0 atom stereocenters. The van der Waals surface area contributed by atoms with Crippen molar-refractivity contribution in [1.29, 1.82) is 0 Å². The Morgan fingerprint density at radius 3 is 2.84 bits per heavy atom. The van der Waals surface area contributed by atoms with E-state index >= 15 is 0 Å². The number of ether oxygens (including phenoxy) is 1. The first kappa shape index (κ1) is 14.1.